The van der Waals surface area contributed by atoms with Gasteiger partial charge < -0.3 is 4.90 Å². The van der Waals surface area contributed by atoms with Crippen molar-refractivity contribution in [3.8, 4) is 6.07 Å². The van der Waals surface area contributed by atoms with Crippen LogP contribution in [0.15, 0.2) is 64.8 Å². The number of amides is 1. The quantitative estimate of drug-likeness (QED) is 0.704. The maximum Gasteiger partial charge on any atom is 0.270 e. The number of fused-ring (bicyclic) bond motifs is 2. The van der Waals surface area contributed by atoms with Crippen LogP contribution in [0.25, 0.3) is 0 Å². The minimum Gasteiger partial charge on any atom is -0.312 e. The van der Waals surface area contributed by atoms with Crippen LogP contribution in [0.2, 0.25) is 0 Å². The van der Waals surface area contributed by atoms with Crippen LogP contribution in [0, 0.1) is 11.3 Å². The van der Waals surface area contributed by atoms with Crippen LogP contribution in [-0.2, 0) is 23.8 Å². The summed E-state index contributed by atoms with van der Waals surface area (Å²) >= 11 is 0. The average molecular weight is 447 g/mol. The lowest BCUT2D eigenvalue weighted by Crippen LogP contribution is -2.49. The van der Waals surface area contributed by atoms with Gasteiger partial charge >= 0.3 is 0 Å². The van der Waals surface area contributed by atoms with Gasteiger partial charge in [0.1, 0.15) is 0 Å². The van der Waals surface area contributed by atoms with Crippen molar-refractivity contribution in [1.29, 1.82) is 5.26 Å². The number of nitriles is 1. The second-order valence-electron chi connectivity index (χ2n) is 8.69. The van der Waals surface area contributed by atoms with E-state index in [1.165, 1.54) is 12.1 Å². The van der Waals surface area contributed by atoms with Crippen LogP contribution in [0.5, 0.6) is 0 Å². The van der Waals surface area contributed by atoms with Gasteiger partial charge in [0.2, 0.25) is 5.96 Å². The second kappa shape index (κ2) is 8.09. The van der Waals surface area contributed by atoms with Crippen molar-refractivity contribution in [2.45, 2.75) is 25.9 Å². The number of aliphatic imine (C=N–C) groups is 1. The topological polar surface area (TPSA) is 62.9 Å². The van der Waals surface area contributed by atoms with Crippen LogP contribution in [0.1, 0.15) is 29.2 Å². The molecule has 0 spiro atoms. The SMILES string of the molecule is CC(F)(F)c1ccc(CN2C(=O)C3=C(CN(Cc4cccc(C#N)c4)C3)N3CCN=C23)cc1. The Balaban J connectivity index is 1.35. The molecule has 0 atom stereocenters. The molecule has 2 aromatic rings. The van der Waals surface area contributed by atoms with Crippen molar-refractivity contribution in [3.63, 3.8) is 0 Å². The van der Waals surface area contributed by atoms with E-state index >= 15 is 0 Å². The molecule has 0 fully saturated rings. The fourth-order valence-corrected chi connectivity index (χ4v) is 4.63. The summed E-state index contributed by atoms with van der Waals surface area (Å²) in [7, 11) is 0. The van der Waals surface area contributed by atoms with Crippen molar-refractivity contribution in [2.75, 3.05) is 26.2 Å². The molecule has 0 saturated carbocycles. The first-order valence-electron chi connectivity index (χ1n) is 10.9. The zero-order valence-corrected chi connectivity index (χ0v) is 18.3. The summed E-state index contributed by atoms with van der Waals surface area (Å²) in [4.78, 5) is 24.0. The van der Waals surface area contributed by atoms with Crippen LogP contribution >= 0.6 is 0 Å². The predicted molar refractivity (Wildman–Crippen MR) is 119 cm³/mol. The average Bonchev–Trinajstić information content (AvgIpc) is 3.44. The Labute approximate surface area is 191 Å². The van der Waals surface area contributed by atoms with Crippen LogP contribution in [0.3, 0.4) is 0 Å². The number of alkyl halides is 2. The van der Waals surface area contributed by atoms with Crippen LogP contribution in [0.4, 0.5) is 8.78 Å². The Hall–Kier alpha value is -3.57. The number of nitrogens with zero attached hydrogens (tertiary/aromatic N) is 5. The van der Waals surface area contributed by atoms with Crippen molar-refractivity contribution < 1.29 is 13.6 Å². The van der Waals surface area contributed by atoms with E-state index in [1.807, 2.05) is 18.2 Å². The van der Waals surface area contributed by atoms with Crippen molar-refractivity contribution >= 4 is 11.9 Å². The zero-order valence-electron chi connectivity index (χ0n) is 18.3. The highest BCUT2D eigenvalue weighted by Crippen LogP contribution is 2.33. The smallest absolute Gasteiger partial charge is 0.270 e. The van der Waals surface area contributed by atoms with E-state index in [0.717, 1.165) is 35.9 Å². The van der Waals surface area contributed by atoms with Gasteiger partial charge in [-0.3, -0.25) is 19.6 Å². The summed E-state index contributed by atoms with van der Waals surface area (Å²) < 4.78 is 27.1. The largest absolute Gasteiger partial charge is 0.312 e. The van der Waals surface area contributed by atoms with Crippen molar-refractivity contribution in [2.24, 2.45) is 4.99 Å². The van der Waals surface area contributed by atoms with Gasteiger partial charge in [0.15, 0.2) is 0 Å². The molecule has 0 aromatic heterocycles. The van der Waals surface area contributed by atoms with E-state index in [0.29, 0.717) is 37.7 Å². The number of hydrogen-bond acceptors (Lipinski definition) is 5. The molecule has 33 heavy (non-hydrogen) atoms. The zero-order chi connectivity index (χ0) is 23.2. The van der Waals surface area contributed by atoms with Gasteiger partial charge in [-0.1, -0.05) is 36.4 Å². The first-order valence-corrected chi connectivity index (χ1v) is 10.9. The van der Waals surface area contributed by atoms with Gasteiger partial charge in [0, 0.05) is 44.4 Å². The number of halogens is 2. The molecule has 0 bridgehead atoms. The molecule has 1 amide bonds. The molecule has 3 aliphatic heterocycles. The monoisotopic (exact) mass is 447 g/mol. The summed E-state index contributed by atoms with van der Waals surface area (Å²) in [5.41, 5.74) is 4.12. The first-order chi connectivity index (χ1) is 15.8. The minimum atomic E-state index is -2.90. The molecule has 0 aliphatic carbocycles. The third-order valence-electron chi connectivity index (χ3n) is 6.26. The number of benzene rings is 2. The standard InChI is InChI=1S/C25H23F2N5O/c1-25(26,27)20-7-5-17(6-8-20)14-32-23(33)21-15-30(13-19-4-2-3-18(11-19)12-28)16-22(21)31-10-9-29-24(31)32/h2-8,11H,9-10,13-16H2,1H3. The Morgan fingerprint density at radius 3 is 2.61 bits per heavy atom. The summed E-state index contributed by atoms with van der Waals surface area (Å²) in [6.45, 7) is 4.29. The van der Waals surface area contributed by atoms with Gasteiger partial charge in [0.05, 0.1) is 30.3 Å². The predicted octanol–water partition coefficient (Wildman–Crippen LogP) is 3.45. The fourth-order valence-electron chi connectivity index (χ4n) is 4.63. The highest BCUT2D eigenvalue weighted by molar-refractivity contribution is 6.10. The third-order valence-corrected chi connectivity index (χ3v) is 6.26. The van der Waals surface area contributed by atoms with Gasteiger partial charge in [-0.15, -0.1) is 0 Å². The van der Waals surface area contributed by atoms with Crippen LogP contribution in [-0.4, -0.2) is 52.7 Å². The molecule has 0 saturated heterocycles. The summed E-state index contributed by atoms with van der Waals surface area (Å²) in [5, 5.41) is 9.16. The summed E-state index contributed by atoms with van der Waals surface area (Å²) in [6, 6.07) is 15.8. The van der Waals surface area contributed by atoms with Gasteiger partial charge in [0.25, 0.3) is 11.8 Å². The number of carbonyl (C=O) groups excluding carboxylic acids is 1. The molecule has 6 nitrogen and oxygen atoms in total. The molecule has 2 aromatic carbocycles. The van der Waals surface area contributed by atoms with E-state index in [4.69, 9.17) is 5.26 Å². The molecule has 0 unspecified atom stereocenters. The molecule has 3 heterocycles. The van der Waals surface area contributed by atoms with Crippen molar-refractivity contribution in [1.82, 2.24) is 14.7 Å². The molecular weight excluding hydrogens is 424 g/mol. The lowest BCUT2D eigenvalue weighted by molar-refractivity contribution is -0.125. The number of guanidine groups is 1. The lowest BCUT2D eigenvalue weighted by atomic mass is 10.1. The second-order valence-corrected chi connectivity index (χ2v) is 8.69. The Kier molecular flexibility index (Phi) is 5.22. The third kappa shape index (κ3) is 4.00. The van der Waals surface area contributed by atoms with Crippen molar-refractivity contribution in [3.05, 3.63) is 82.1 Å². The minimum absolute atomic E-state index is 0.0482. The molecule has 3 aliphatic rings. The normalized spacial score (nSPS) is 18.4. The highest BCUT2D eigenvalue weighted by Gasteiger charge is 2.42. The summed E-state index contributed by atoms with van der Waals surface area (Å²) in [5.74, 6) is -2.34. The van der Waals surface area contributed by atoms with Crippen LogP contribution < -0.4 is 0 Å². The molecule has 168 valence electrons. The molecule has 5 rings (SSSR count). The Morgan fingerprint density at radius 1 is 1.09 bits per heavy atom. The van der Waals surface area contributed by atoms with E-state index < -0.39 is 5.92 Å². The van der Waals surface area contributed by atoms with E-state index in [-0.39, 0.29) is 18.0 Å². The van der Waals surface area contributed by atoms with E-state index in [9.17, 15) is 13.6 Å². The van der Waals surface area contributed by atoms with Gasteiger partial charge in [-0.2, -0.15) is 5.26 Å². The maximum atomic E-state index is 13.5. The molecule has 0 radical (unpaired) electrons. The van der Waals surface area contributed by atoms with E-state index in [2.05, 4.69) is 20.9 Å². The summed E-state index contributed by atoms with van der Waals surface area (Å²) in [6.07, 6.45) is 0. The number of rotatable bonds is 5. The maximum absolute atomic E-state index is 13.5. The lowest BCUT2D eigenvalue weighted by Gasteiger charge is -2.35. The molecule has 8 heteroatoms. The first kappa shape index (κ1) is 21.3. The number of carbonyl (C=O) groups is 1. The molecule has 0 N–H and O–H groups in total. The fraction of sp³-hybridized carbons (Fsp3) is 0.320. The Morgan fingerprint density at radius 2 is 1.88 bits per heavy atom. The molecular formula is C25H23F2N5O. The van der Waals surface area contributed by atoms with E-state index in [1.54, 1.807) is 23.1 Å². The highest BCUT2D eigenvalue weighted by atomic mass is 19.3. The Bertz CT molecular complexity index is 1210. The van der Waals surface area contributed by atoms with Gasteiger partial charge in [-0.25, -0.2) is 8.78 Å². The number of hydrogen-bond donors (Lipinski definition) is 0. The van der Waals surface area contributed by atoms with Gasteiger partial charge in [-0.05, 0) is 23.3 Å².